The quantitative estimate of drug-likeness (QED) is 0.267. The molecule has 0 saturated heterocycles. The van der Waals surface area contributed by atoms with Gasteiger partial charge < -0.3 is 0 Å². The van der Waals surface area contributed by atoms with Crippen molar-refractivity contribution in [1.29, 1.82) is 0 Å². The van der Waals surface area contributed by atoms with Crippen LogP contribution in [0.1, 0.15) is 104 Å². The van der Waals surface area contributed by atoms with Crippen LogP contribution in [0.15, 0.2) is 118 Å². The average molecular weight is 738 g/mol. The number of benzene rings is 2. The van der Waals surface area contributed by atoms with Crippen molar-refractivity contribution >= 4 is 57.3 Å². The predicted octanol–water partition coefficient (Wildman–Crippen LogP) is 13.7. The second kappa shape index (κ2) is 13.8. The van der Waals surface area contributed by atoms with E-state index in [0.717, 1.165) is 65.5 Å². The van der Waals surface area contributed by atoms with E-state index in [9.17, 15) is 9.59 Å². The Morgan fingerprint density at radius 3 is 0.922 bits per heavy atom. The van der Waals surface area contributed by atoms with Gasteiger partial charge in [-0.25, -0.2) is 0 Å². The molecule has 5 rings (SSSR count). The lowest BCUT2D eigenvalue weighted by Crippen LogP contribution is -2.28. The summed E-state index contributed by atoms with van der Waals surface area (Å²) in [6.07, 6.45) is 8.34. The molecule has 5 heteroatoms. The monoisotopic (exact) mass is 736 g/mol. The van der Waals surface area contributed by atoms with Crippen molar-refractivity contribution in [3.8, 4) is 0 Å². The molecule has 3 aromatic rings. The first-order valence-electron chi connectivity index (χ1n) is 17.6. The van der Waals surface area contributed by atoms with Crippen LogP contribution < -0.4 is 0 Å². The molecule has 0 fully saturated rings. The normalized spacial score (nSPS) is 16.1. The number of halogens is 2. The van der Waals surface area contributed by atoms with Gasteiger partial charge in [-0.1, -0.05) is 131 Å². The Hall–Kier alpha value is -3.50. The molecule has 2 aliphatic rings. The van der Waals surface area contributed by atoms with Gasteiger partial charge in [-0.05, 0) is 105 Å². The molecule has 0 N–H and O–H groups in total. The van der Waals surface area contributed by atoms with E-state index in [1.54, 1.807) is 11.3 Å². The van der Waals surface area contributed by atoms with Crippen LogP contribution in [-0.4, -0.2) is 11.6 Å². The van der Waals surface area contributed by atoms with Gasteiger partial charge in [0.15, 0.2) is 11.6 Å². The minimum Gasteiger partial charge on any atom is -0.289 e. The zero-order valence-corrected chi connectivity index (χ0v) is 34.4. The van der Waals surface area contributed by atoms with Crippen molar-refractivity contribution in [1.82, 2.24) is 0 Å². The van der Waals surface area contributed by atoms with E-state index in [4.69, 9.17) is 23.2 Å². The van der Waals surface area contributed by atoms with Gasteiger partial charge in [0.1, 0.15) is 0 Å². The van der Waals surface area contributed by atoms with Crippen LogP contribution in [0.3, 0.4) is 0 Å². The second-order valence-electron chi connectivity index (χ2n) is 17.7. The molecule has 1 aromatic heterocycles. The first-order chi connectivity index (χ1) is 23.5. The first-order valence-corrected chi connectivity index (χ1v) is 19.1. The molecule has 51 heavy (non-hydrogen) atoms. The van der Waals surface area contributed by atoms with Crippen LogP contribution in [0.25, 0.3) is 11.1 Å². The minimum absolute atomic E-state index is 0.102. The number of allylic oxidation sites excluding steroid dienone is 10. The van der Waals surface area contributed by atoms with Crippen molar-refractivity contribution in [3.05, 3.63) is 149 Å². The lowest BCUT2D eigenvalue weighted by atomic mass is 9.71. The van der Waals surface area contributed by atoms with Crippen LogP contribution >= 0.6 is 34.5 Å². The zero-order chi connectivity index (χ0) is 37.8. The molecule has 0 amide bonds. The van der Waals surface area contributed by atoms with E-state index < -0.39 is 0 Å². The van der Waals surface area contributed by atoms with Gasteiger partial charge >= 0.3 is 0 Å². The lowest BCUT2D eigenvalue weighted by molar-refractivity contribution is -0.114. The predicted molar refractivity (Wildman–Crippen MR) is 219 cm³/mol. The fourth-order valence-electron chi connectivity index (χ4n) is 6.52. The van der Waals surface area contributed by atoms with E-state index in [2.05, 4.69) is 144 Å². The zero-order valence-electron chi connectivity index (χ0n) is 32.1. The molecule has 0 atom stereocenters. The summed E-state index contributed by atoms with van der Waals surface area (Å²) in [6.45, 7) is 25.2. The van der Waals surface area contributed by atoms with Gasteiger partial charge in [-0.15, -0.1) is 11.3 Å². The standard InChI is InChI=1S/C46H50Cl2O2S/c1-43(2,3)33-23-29(24-34(41(33)49)44(4,5)6)39(27-13-17-31(47)18-14-27)37-21-22-38(51-37)40(28-15-19-32(48)20-16-28)30-25-35(45(7,8)9)42(50)36(26-30)46(10,11)12/h13-26H,1-12H3. The van der Waals surface area contributed by atoms with Crippen molar-refractivity contribution in [2.45, 2.75) is 83.1 Å². The summed E-state index contributed by atoms with van der Waals surface area (Å²) in [6, 6.07) is 20.2. The molecule has 2 aliphatic carbocycles. The van der Waals surface area contributed by atoms with Gasteiger partial charge in [0, 0.05) is 53.2 Å². The Bertz CT molecular complexity index is 1860. The van der Waals surface area contributed by atoms with E-state index in [1.807, 2.05) is 24.3 Å². The van der Waals surface area contributed by atoms with Crippen LogP contribution in [-0.2, 0) is 9.59 Å². The molecular formula is C46H50Cl2O2S. The average Bonchev–Trinajstić information content (AvgIpc) is 3.47. The SMILES string of the molecule is CC(C)(C)C1=CC(=C(c2ccc(Cl)cc2)c2ccc(C(=C3C=C(C(C)(C)C)C(=O)C(C(C)(C)C)=C3)c3ccc(Cl)cc3)s2)C=C(C(C)(C)C)C1=O. The molecule has 0 unspecified atom stereocenters. The van der Waals surface area contributed by atoms with Gasteiger partial charge in [0.2, 0.25) is 0 Å². The number of hydrogen-bond acceptors (Lipinski definition) is 3. The van der Waals surface area contributed by atoms with Crippen LogP contribution in [0.4, 0.5) is 0 Å². The summed E-state index contributed by atoms with van der Waals surface area (Å²) < 4.78 is 0. The Labute approximate surface area is 319 Å². The van der Waals surface area contributed by atoms with Crippen molar-refractivity contribution < 1.29 is 9.59 Å². The van der Waals surface area contributed by atoms with E-state index in [-0.39, 0.29) is 33.2 Å². The maximum absolute atomic E-state index is 13.9. The number of thiophene rings is 1. The van der Waals surface area contributed by atoms with Crippen molar-refractivity contribution in [2.75, 3.05) is 0 Å². The fraction of sp³-hybridized carbons (Fsp3) is 0.348. The summed E-state index contributed by atoms with van der Waals surface area (Å²) in [5.74, 6) is 0.205. The number of rotatable bonds is 4. The largest absolute Gasteiger partial charge is 0.289 e. The van der Waals surface area contributed by atoms with Crippen LogP contribution in [0, 0.1) is 21.7 Å². The molecule has 0 spiro atoms. The summed E-state index contributed by atoms with van der Waals surface area (Å²) in [7, 11) is 0. The number of carbonyl (C=O) groups is 2. The van der Waals surface area contributed by atoms with E-state index in [1.165, 1.54) is 0 Å². The summed E-state index contributed by atoms with van der Waals surface area (Å²) >= 11 is 14.5. The number of Topliss-reactive ketones (excluding diaryl/α,β-unsaturated/α-hetero) is 2. The Morgan fingerprint density at radius 2 is 0.686 bits per heavy atom. The Kier molecular flexibility index (Phi) is 10.5. The van der Waals surface area contributed by atoms with E-state index in [0.29, 0.717) is 10.0 Å². The third-order valence-corrected chi connectivity index (χ3v) is 11.0. The summed E-state index contributed by atoms with van der Waals surface area (Å²) in [5.41, 5.74) is 7.87. The van der Waals surface area contributed by atoms with E-state index >= 15 is 0 Å². The number of hydrogen-bond donors (Lipinski definition) is 0. The smallest absolute Gasteiger partial charge is 0.186 e. The summed E-state index contributed by atoms with van der Waals surface area (Å²) in [4.78, 5) is 30.0. The molecule has 266 valence electrons. The number of ketones is 2. The third-order valence-electron chi connectivity index (χ3n) is 9.35. The maximum atomic E-state index is 13.9. The molecule has 0 radical (unpaired) electrons. The van der Waals surface area contributed by atoms with Crippen molar-refractivity contribution in [3.63, 3.8) is 0 Å². The molecular weight excluding hydrogens is 687 g/mol. The highest BCUT2D eigenvalue weighted by Gasteiger charge is 2.36. The fourth-order valence-corrected chi connectivity index (χ4v) is 7.95. The second-order valence-corrected chi connectivity index (χ2v) is 19.7. The highest BCUT2D eigenvalue weighted by molar-refractivity contribution is 7.14. The topological polar surface area (TPSA) is 34.1 Å². The lowest BCUT2D eigenvalue weighted by Gasteiger charge is -2.32. The van der Waals surface area contributed by atoms with Gasteiger partial charge in [-0.2, -0.15) is 0 Å². The minimum atomic E-state index is -0.350. The van der Waals surface area contributed by atoms with Crippen molar-refractivity contribution in [2.24, 2.45) is 21.7 Å². The van der Waals surface area contributed by atoms with Gasteiger partial charge in [0.25, 0.3) is 0 Å². The number of carbonyl (C=O) groups excluding carboxylic acids is 2. The van der Waals surface area contributed by atoms with Gasteiger partial charge in [-0.3, -0.25) is 9.59 Å². The van der Waals surface area contributed by atoms with Gasteiger partial charge in [0.05, 0.1) is 0 Å². The highest BCUT2D eigenvalue weighted by atomic mass is 35.5. The molecule has 0 bridgehead atoms. The Morgan fingerprint density at radius 1 is 0.431 bits per heavy atom. The Balaban J connectivity index is 1.87. The van der Waals surface area contributed by atoms with Crippen LogP contribution in [0.2, 0.25) is 10.0 Å². The molecule has 0 aliphatic heterocycles. The molecule has 1 heterocycles. The third kappa shape index (κ3) is 8.27. The highest BCUT2D eigenvalue weighted by Crippen LogP contribution is 2.46. The summed E-state index contributed by atoms with van der Waals surface area (Å²) in [5, 5.41) is 1.32. The maximum Gasteiger partial charge on any atom is 0.186 e. The molecule has 2 aromatic carbocycles. The first kappa shape index (κ1) is 38.7. The van der Waals surface area contributed by atoms with Crippen LogP contribution in [0.5, 0.6) is 0 Å². The molecule has 0 saturated carbocycles. The molecule has 2 nitrogen and oxygen atoms in total.